The zero-order chi connectivity index (χ0) is 9.54. The minimum Gasteiger partial charge on any atom is -0.382 e. The number of fused-ring (bicyclic) bond motifs is 1. The number of nitrogens with zero attached hydrogens (tertiary/aromatic N) is 5. The predicted octanol–water partition coefficient (Wildman–Crippen LogP) is 0.213. The van der Waals surface area contributed by atoms with Crippen molar-refractivity contribution in [2.24, 2.45) is 5.92 Å². The summed E-state index contributed by atoms with van der Waals surface area (Å²) < 4.78 is 1.81. The topological polar surface area (TPSA) is 82.5 Å². The van der Waals surface area contributed by atoms with Gasteiger partial charge in [0.2, 0.25) is 0 Å². The van der Waals surface area contributed by atoms with Gasteiger partial charge < -0.3 is 5.73 Å². The van der Waals surface area contributed by atoms with Gasteiger partial charge in [0.25, 0.3) is 0 Å². The van der Waals surface area contributed by atoms with Crippen LogP contribution < -0.4 is 5.73 Å². The van der Waals surface area contributed by atoms with E-state index in [1.54, 1.807) is 0 Å². The molecule has 2 aromatic heterocycles. The molecular formula is C8H10N6. The fraction of sp³-hybridized carbons (Fsp3) is 0.500. The minimum atomic E-state index is 0.400. The first-order chi connectivity index (χ1) is 6.84. The molecule has 0 aromatic carbocycles. The molecule has 72 valence electrons. The molecule has 1 aliphatic carbocycles. The Morgan fingerprint density at radius 3 is 3.07 bits per heavy atom. The van der Waals surface area contributed by atoms with Crippen molar-refractivity contribution in [3.8, 4) is 0 Å². The van der Waals surface area contributed by atoms with E-state index in [1.807, 2.05) is 4.68 Å². The van der Waals surface area contributed by atoms with Crippen LogP contribution in [0.15, 0.2) is 6.33 Å². The highest BCUT2D eigenvalue weighted by molar-refractivity contribution is 5.80. The van der Waals surface area contributed by atoms with Crippen LogP contribution in [0.4, 0.5) is 5.82 Å². The number of aromatic nitrogens is 5. The summed E-state index contributed by atoms with van der Waals surface area (Å²) >= 11 is 0. The van der Waals surface area contributed by atoms with Gasteiger partial charge in [0, 0.05) is 6.54 Å². The third-order valence-corrected chi connectivity index (χ3v) is 2.46. The van der Waals surface area contributed by atoms with Crippen LogP contribution in [0.1, 0.15) is 12.8 Å². The van der Waals surface area contributed by atoms with E-state index in [9.17, 15) is 0 Å². The van der Waals surface area contributed by atoms with Crippen molar-refractivity contribution in [2.75, 3.05) is 5.73 Å². The average Bonchev–Trinajstić information content (AvgIpc) is 2.88. The summed E-state index contributed by atoms with van der Waals surface area (Å²) in [5.74, 6) is 1.15. The van der Waals surface area contributed by atoms with E-state index in [-0.39, 0.29) is 0 Å². The van der Waals surface area contributed by atoms with Gasteiger partial charge in [0.1, 0.15) is 6.33 Å². The summed E-state index contributed by atoms with van der Waals surface area (Å²) in [5, 5.41) is 7.98. The molecular weight excluding hydrogens is 180 g/mol. The molecule has 2 heterocycles. The van der Waals surface area contributed by atoms with Crippen LogP contribution in [-0.4, -0.2) is 25.0 Å². The summed E-state index contributed by atoms with van der Waals surface area (Å²) in [6, 6.07) is 0. The standard InChI is InChI=1S/C8H10N6/c9-7-6-8(11-4-10-7)14(13-12-6)3-5-1-2-5/h4-5H,1-3H2,(H2,9,10,11). The van der Waals surface area contributed by atoms with Gasteiger partial charge in [-0.05, 0) is 18.8 Å². The molecule has 0 radical (unpaired) electrons. The first-order valence-electron chi connectivity index (χ1n) is 4.64. The normalized spacial score (nSPS) is 16.3. The molecule has 14 heavy (non-hydrogen) atoms. The smallest absolute Gasteiger partial charge is 0.183 e. The van der Waals surface area contributed by atoms with Crippen molar-refractivity contribution >= 4 is 17.0 Å². The lowest BCUT2D eigenvalue weighted by Gasteiger charge is -1.98. The Morgan fingerprint density at radius 1 is 1.43 bits per heavy atom. The van der Waals surface area contributed by atoms with Crippen molar-refractivity contribution < 1.29 is 0 Å². The van der Waals surface area contributed by atoms with Gasteiger partial charge in [-0.2, -0.15) is 0 Å². The van der Waals surface area contributed by atoms with Crippen molar-refractivity contribution in [3.05, 3.63) is 6.33 Å². The van der Waals surface area contributed by atoms with E-state index >= 15 is 0 Å². The Balaban J connectivity index is 2.10. The molecule has 2 aromatic rings. The van der Waals surface area contributed by atoms with Crippen LogP contribution in [0.25, 0.3) is 11.2 Å². The lowest BCUT2D eigenvalue weighted by molar-refractivity contribution is 0.555. The first kappa shape index (κ1) is 7.66. The SMILES string of the molecule is Nc1ncnc2c1nnn2CC1CC1. The molecule has 1 aliphatic rings. The molecule has 6 nitrogen and oxygen atoms in total. The molecule has 0 saturated heterocycles. The third kappa shape index (κ3) is 1.11. The number of nitrogens with two attached hydrogens (primary N) is 1. The van der Waals surface area contributed by atoms with E-state index in [2.05, 4.69) is 20.3 Å². The predicted molar refractivity (Wildman–Crippen MR) is 50.3 cm³/mol. The van der Waals surface area contributed by atoms with Crippen LogP contribution in [-0.2, 0) is 6.54 Å². The Labute approximate surface area is 80.1 Å². The quantitative estimate of drug-likeness (QED) is 0.732. The van der Waals surface area contributed by atoms with Crippen LogP contribution >= 0.6 is 0 Å². The Hall–Kier alpha value is -1.72. The van der Waals surface area contributed by atoms with Gasteiger partial charge in [0.05, 0.1) is 0 Å². The van der Waals surface area contributed by atoms with Crippen molar-refractivity contribution in [1.29, 1.82) is 0 Å². The second-order valence-electron chi connectivity index (χ2n) is 3.65. The number of anilines is 1. The molecule has 0 aliphatic heterocycles. The second kappa shape index (κ2) is 2.63. The highest BCUT2D eigenvalue weighted by Crippen LogP contribution is 2.31. The van der Waals surface area contributed by atoms with Gasteiger partial charge in [-0.1, -0.05) is 5.21 Å². The third-order valence-electron chi connectivity index (χ3n) is 2.46. The summed E-state index contributed by atoms with van der Waals surface area (Å²) in [6.07, 6.45) is 4.01. The number of rotatable bonds is 2. The van der Waals surface area contributed by atoms with E-state index in [1.165, 1.54) is 19.2 Å². The highest BCUT2D eigenvalue weighted by atomic mass is 15.4. The highest BCUT2D eigenvalue weighted by Gasteiger charge is 2.23. The van der Waals surface area contributed by atoms with Crippen LogP contribution in [0.5, 0.6) is 0 Å². The Bertz CT molecular complexity index is 472. The Morgan fingerprint density at radius 2 is 2.29 bits per heavy atom. The van der Waals surface area contributed by atoms with Crippen LogP contribution in [0, 0.1) is 5.92 Å². The van der Waals surface area contributed by atoms with E-state index in [0.29, 0.717) is 11.3 Å². The molecule has 1 saturated carbocycles. The van der Waals surface area contributed by atoms with E-state index in [0.717, 1.165) is 18.1 Å². The molecule has 0 atom stereocenters. The summed E-state index contributed by atoms with van der Waals surface area (Å²) in [5.41, 5.74) is 6.99. The number of hydrogen-bond donors (Lipinski definition) is 1. The molecule has 0 spiro atoms. The minimum absolute atomic E-state index is 0.400. The maximum Gasteiger partial charge on any atom is 0.183 e. The zero-order valence-corrected chi connectivity index (χ0v) is 7.59. The fourth-order valence-corrected chi connectivity index (χ4v) is 1.48. The van der Waals surface area contributed by atoms with Crippen LogP contribution in [0.3, 0.4) is 0 Å². The summed E-state index contributed by atoms with van der Waals surface area (Å²) in [7, 11) is 0. The lowest BCUT2D eigenvalue weighted by atomic mass is 10.4. The first-order valence-corrected chi connectivity index (χ1v) is 4.64. The largest absolute Gasteiger partial charge is 0.382 e. The van der Waals surface area contributed by atoms with Gasteiger partial charge in [-0.3, -0.25) is 0 Å². The van der Waals surface area contributed by atoms with Crippen molar-refractivity contribution in [1.82, 2.24) is 25.0 Å². The molecule has 1 fully saturated rings. The molecule has 6 heteroatoms. The average molecular weight is 190 g/mol. The van der Waals surface area contributed by atoms with Gasteiger partial charge in [-0.25, -0.2) is 14.6 Å². The second-order valence-corrected chi connectivity index (χ2v) is 3.65. The monoisotopic (exact) mass is 190 g/mol. The van der Waals surface area contributed by atoms with Gasteiger partial charge in [-0.15, -0.1) is 5.10 Å². The molecule has 3 rings (SSSR count). The summed E-state index contributed by atoms with van der Waals surface area (Å²) in [6.45, 7) is 0.896. The van der Waals surface area contributed by atoms with E-state index < -0.39 is 0 Å². The zero-order valence-electron chi connectivity index (χ0n) is 7.59. The molecule has 0 unspecified atom stereocenters. The molecule has 0 amide bonds. The fourth-order valence-electron chi connectivity index (χ4n) is 1.48. The van der Waals surface area contributed by atoms with Gasteiger partial charge in [0.15, 0.2) is 17.0 Å². The Kier molecular flexibility index (Phi) is 1.44. The number of nitrogen functional groups attached to an aromatic ring is 1. The maximum atomic E-state index is 5.65. The molecule has 2 N–H and O–H groups in total. The molecule has 0 bridgehead atoms. The van der Waals surface area contributed by atoms with Gasteiger partial charge >= 0.3 is 0 Å². The number of hydrogen-bond acceptors (Lipinski definition) is 5. The lowest BCUT2D eigenvalue weighted by Crippen LogP contribution is -2.03. The van der Waals surface area contributed by atoms with Crippen molar-refractivity contribution in [3.63, 3.8) is 0 Å². The van der Waals surface area contributed by atoms with Crippen molar-refractivity contribution in [2.45, 2.75) is 19.4 Å². The van der Waals surface area contributed by atoms with E-state index in [4.69, 9.17) is 5.73 Å². The maximum absolute atomic E-state index is 5.65. The van der Waals surface area contributed by atoms with Crippen LogP contribution in [0.2, 0.25) is 0 Å². The summed E-state index contributed by atoms with van der Waals surface area (Å²) in [4.78, 5) is 8.00.